The van der Waals surface area contributed by atoms with E-state index in [1.165, 1.54) is 4.90 Å². The molecule has 0 aliphatic rings. The van der Waals surface area contributed by atoms with Crippen LogP contribution in [0.25, 0.3) is 0 Å². The largest absolute Gasteiger partial charge is 0.310 e. The number of hydrogen-bond donors (Lipinski definition) is 2. The molecule has 5 nitrogen and oxygen atoms in total. The fourth-order valence-electron chi connectivity index (χ4n) is 1.60. The maximum Gasteiger partial charge on any atom is 0.278 e. The average molecular weight is 277 g/mol. The Bertz CT molecular complexity index is 588. The summed E-state index contributed by atoms with van der Waals surface area (Å²) in [6.07, 6.45) is 0. The Balaban J connectivity index is 2.34. The van der Waals surface area contributed by atoms with E-state index in [1.54, 1.807) is 19.2 Å². The molecule has 0 spiro atoms. The second kappa shape index (κ2) is 5.69. The lowest BCUT2D eigenvalue weighted by molar-refractivity contribution is 0.0988. The number of hydrogen-bond acceptors (Lipinski definition) is 4. The van der Waals surface area contributed by atoms with Gasteiger partial charge in [-0.1, -0.05) is 29.8 Å². The number of benzene rings is 1. The van der Waals surface area contributed by atoms with Gasteiger partial charge in [0.1, 0.15) is 11.5 Å². The zero-order chi connectivity index (χ0) is 13.8. The summed E-state index contributed by atoms with van der Waals surface area (Å²) >= 11 is 6.00. The molecule has 1 heterocycles. The van der Waals surface area contributed by atoms with Crippen molar-refractivity contribution in [2.45, 2.75) is 0 Å². The highest BCUT2D eigenvalue weighted by atomic mass is 35.5. The molecule has 2 rings (SSSR count). The summed E-state index contributed by atoms with van der Waals surface area (Å²) < 4.78 is 0. The Morgan fingerprint density at radius 3 is 2.58 bits per heavy atom. The minimum Gasteiger partial charge on any atom is -0.310 e. The highest BCUT2D eigenvalue weighted by Crippen LogP contribution is 2.20. The van der Waals surface area contributed by atoms with Crippen molar-refractivity contribution in [2.24, 2.45) is 5.84 Å². The van der Waals surface area contributed by atoms with Gasteiger partial charge in [-0.25, -0.2) is 10.8 Å². The fourth-order valence-corrected chi connectivity index (χ4v) is 1.79. The maximum atomic E-state index is 12.3. The number of aromatic nitrogens is 1. The van der Waals surface area contributed by atoms with E-state index in [1.807, 2.05) is 30.3 Å². The van der Waals surface area contributed by atoms with Gasteiger partial charge >= 0.3 is 0 Å². The Kier molecular flexibility index (Phi) is 3.99. The van der Waals surface area contributed by atoms with Gasteiger partial charge in [0.2, 0.25) is 0 Å². The van der Waals surface area contributed by atoms with Crippen molar-refractivity contribution >= 4 is 29.0 Å². The van der Waals surface area contributed by atoms with Crippen molar-refractivity contribution < 1.29 is 4.79 Å². The van der Waals surface area contributed by atoms with Crippen LogP contribution in [0.3, 0.4) is 0 Å². The van der Waals surface area contributed by atoms with Crippen molar-refractivity contribution in [1.29, 1.82) is 0 Å². The summed E-state index contributed by atoms with van der Waals surface area (Å²) in [6, 6.07) is 12.4. The predicted molar refractivity (Wildman–Crippen MR) is 76.2 cm³/mol. The monoisotopic (exact) mass is 276 g/mol. The molecule has 1 aromatic heterocycles. The van der Waals surface area contributed by atoms with Crippen LogP contribution in [-0.4, -0.2) is 17.9 Å². The Hall–Kier alpha value is -2.11. The van der Waals surface area contributed by atoms with Crippen molar-refractivity contribution in [1.82, 2.24) is 4.98 Å². The Morgan fingerprint density at radius 1 is 1.26 bits per heavy atom. The van der Waals surface area contributed by atoms with E-state index in [-0.39, 0.29) is 16.6 Å². The third kappa shape index (κ3) is 2.83. The van der Waals surface area contributed by atoms with Crippen LogP contribution < -0.4 is 16.2 Å². The summed E-state index contributed by atoms with van der Waals surface area (Å²) in [7, 11) is 1.66. The smallest absolute Gasteiger partial charge is 0.278 e. The molecule has 3 N–H and O–H groups in total. The second-order valence-corrected chi connectivity index (χ2v) is 4.28. The number of nitrogens with one attached hydrogen (secondary N) is 1. The molecular formula is C13H13ClN4O. The lowest BCUT2D eigenvalue weighted by atomic mass is 10.2. The Morgan fingerprint density at radius 2 is 1.95 bits per heavy atom. The number of amides is 1. The molecule has 0 aliphatic heterocycles. The van der Waals surface area contributed by atoms with E-state index in [0.717, 1.165) is 5.69 Å². The highest BCUT2D eigenvalue weighted by molar-refractivity contribution is 6.34. The van der Waals surface area contributed by atoms with Gasteiger partial charge in [0, 0.05) is 12.7 Å². The number of anilines is 2. The number of pyridine rings is 1. The van der Waals surface area contributed by atoms with Crippen LogP contribution in [0.1, 0.15) is 10.5 Å². The molecular weight excluding hydrogens is 264 g/mol. The first-order valence-electron chi connectivity index (χ1n) is 5.59. The SMILES string of the molecule is CN(C(=O)c1nc(NN)ccc1Cl)c1ccccc1. The highest BCUT2D eigenvalue weighted by Gasteiger charge is 2.18. The molecule has 0 radical (unpaired) electrons. The molecule has 1 aromatic carbocycles. The van der Waals surface area contributed by atoms with Gasteiger partial charge in [-0.3, -0.25) is 4.79 Å². The third-order valence-corrected chi connectivity index (χ3v) is 2.95. The zero-order valence-corrected chi connectivity index (χ0v) is 11.1. The molecule has 19 heavy (non-hydrogen) atoms. The lowest BCUT2D eigenvalue weighted by Crippen LogP contribution is -2.27. The van der Waals surface area contributed by atoms with Gasteiger partial charge in [0.05, 0.1) is 5.02 Å². The molecule has 6 heteroatoms. The van der Waals surface area contributed by atoms with Crippen LogP contribution in [0.2, 0.25) is 5.02 Å². The van der Waals surface area contributed by atoms with Gasteiger partial charge in [-0.15, -0.1) is 0 Å². The van der Waals surface area contributed by atoms with E-state index in [0.29, 0.717) is 5.82 Å². The minimum atomic E-state index is -0.298. The van der Waals surface area contributed by atoms with Crippen LogP contribution in [0.5, 0.6) is 0 Å². The van der Waals surface area contributed by atoms with Gasteiger partial charge in [0.15, 0.2) is 0 Å². The van der Waals surface area contributed by atoms with Crippen molar-refractivity contribution in [3.05, 3.63) is 53.2 Å². The summed E-state index contributed by atoms with van der Waals surface area (Å²) in [5.41, 5.74) is 3.30. The number of nitrogens with zero attached hydrogens (tertiary/aromatic N) is 2. The molecule has 0 aliphatic carbocycles. The normalized spacial score (nSPS) is 10.1. The number of para-hydroxylation sites is 1. The summed E-state index contributed by atoms with van der Waals surface area (Å²) in [4.78, 5) is 17.9. The van der Waals surface area contributed by atoms with E-state index >= 15 is 0 Å². The predicted octanol–water partition coefficient (Wildman–Crippen LogP) is 2.30. The Labute approximate surface area is 116 Å². The molecule has 98 valence electrons. The van der Waals surface area contributed by atoms with Crippen LogP contribution in [0, 0.1) is 0 Å². The van der Waals surface area contributed by atoms with E-state index in [4.69, 9.17) is 17.4 Å². The second-order valence-electron chi connectivity index (χ2n) is 3.87. The number of halogens is 1. The average Bonchev–Trinajstić information content (AvgIpc) is 2.47. The van der Waals surface area contributed by atoms with Crippen LogP contribution in [0.4, 0.5) is 11.5 Å². The van der Waals surface area contributed by atoms with Gasteiger partial charge < -0.3 is 10.3 Å². The first-order chi connectivity index (χ1) is 9.13. The lowest BCUT2D eigenvalue weighted by Gasteiger charge is -2.17. The molecule has 0 atom stereocenters. The molecule has 0 bridgehead atoms. The molecule has 0 saturated carbocycles. The number of nitrogens with two attached hydrogens (primary N) is 1. The number of nitrogen functional groups attached to an aromatic ring is 1. The van der Waals surface area contributed by atoms with Crippen LogP contribution >= 0.6 is 11.6 Å². The van der Waals surface area contributed by atoms with E-state index < -0.39 is 0 Å². The van der Waals surface area contributed by atoms with Gasteiger partial charge in [0.25, 0.3) is 5.91 Å². The number of carbonyl (C=O) groups excluding carboxylic acids is 1. The van der Waals surface area contributed by atoms with Crippen molar-refractivity contribution in [3.8, 4) is 0 Å². The third-order valence-electron chi connectivity index (χ3n) is 2.64. The van der Waals surface area contributed by atoms with Gasteiger partial charge in [-0.05, 0) is 24.3 Å². The van der Waals surface area contributed by atoms with E-state index in [2.05, 4.69) is 10.4 Å². The maximum absolute atomic E-state index is 12.3. The number of hydrazine groups is 1. The number of carbonyl (C=O) groups is 1. The molecule has 0 fully saturated rings. The molecule has 0 unspecified atom stereocenters. The summed E-state index contributed by atoms with van der Waals surface area (Å²) in [6.45, 7) is 0. The minimum absolute atomic E-state index is 0.156. The first-order valence-corrected chi connectivity index (χ1v) is 5.97. The zero-order valence-electron chi connectivity index (χ0n) is 10.3. The first kappa shape index (κ1) is 13.3. The summed E-state index contributed by atoms with van der Waals surface area (Å²) in [5.74, 6) is 5.36. The number of rotatable bonds is 3. The van der Waals surface area contributed by atoms with Crippen molar-refractivity contribution in [3.63, 3.8) is 0 Å². The fraction of sp³-hybridized carbons (Fsp3) is 0.0769. The topological polar surface area (TPSA) is 71.2 Å². The van der Waals surface area contributed by atoms with Crippen LogP contribution in [-0.2, 0) is 0 Å². The van der Waals surface area contributed by atoms with E-state index in [9.17, 15) is 4.79 Å². The van der Waals surface area contributed by atoms with Gasteiger partial charge in [-0.2, -0.15) is 0 Å². The summed E-state index contributed by atoms with van der Waals surface area (Å²) in [5, 5.41) is 0.284. The molecule has 1 amide bonds. The molecule has 2 aromatic rings. The van der Waals surface area contributed by atoms with Crippen LogP contribution in [0.15, 0.2) is 42.5 Å². The molecule has 0 saturated heterocycles. The standard InChI is InChI=1S/C13H13ClN4O/c1-18(9-5-3-2-4-6-9)13(19)12-10(14)7-8-11(16-12)17-15/h2-8H,15H2,1H3,(H,16,17). The quantitative estimate of drug-likeness (QED) is 0.666. The van der Waals surface area contributed by atoms with Crippen molar-refractivity contribution in [2.75, 3.05) is 17.4 Å².